The van der Waals surface area contributed by atoms with Crippen LogP contribution >= 0.6 is 11.6 Å². The molecule has 1 aromatic carbocycles. The minimum Gasteiger partial charge on any atom is -0.378 e. The van der Waals surface area contributed by atoms with Crippen molar-refractivity contribution >= 4 is 29.1 Å². The molecule has 0 radical (unpaired) electrons. The third-order valence-electron chi connectivity index (χ3n) is 7.28. The molecule has 3 fully saturated rings. The Morgan fingerprint density at radius 2 is 1.94 bits per heavy atom. The number of anilines is 1. The number of halogens is 1. The number of hydrogen-bond acceptors (Lipinski definition) is 4. The number of ether oxygens (including phenoxy) is 1. The van der Waals surface area contributed by atoms with Gasteiger partial charge in [0.25, 0.3) is 0 Å². The number of benzene rings is 1. The zero-order valence-corrected chi connectivity index (χ0v) is 20.1. The molecule has 0 spiro atoms. The smallest absolute Gasteiger partial charge is 0.226 e. The van der Waals surface area contributed by atoms with E-state index in [1.807, 2.05) is 19.1 Å². The monoisotopic (exact) mass is 461 g/mol. The Hall–Kier alpha value is -1.63. The first-order valence-electron chi connectivity index (χ1n) is 12.1. The van der Waals surface area contributed by atoms with Crippen molar-refractivity contribution in [3.05, 3.63) is 28.3 Å². The fraction of sp³-hybridized carbons (Fsp3) is 0.680. The van der Waals surface area contributed by atoms with Crippen LogP contribution in [0.4, 0.5) is 5.69 Å². The van der Waals surface area contributed by atoms with Crippen molar-refractivity contribution in [1.29, 1.82) is 0 Å². The van der Waals surface area contributed by atoms with Crippen molar-refractivity contribution in [2.75, 3.05) is 31.6 Å². The third-order valence-corrected chi connectivity index (χ3v) is 7.50. The van der Waals surface area contributed by atoms with Gasteiger partial charge in [0.05, 0.1) is 12.5 Å². The minimum atomic E-state index is -0.0270. The molecule has 1 aromatic rings. The van der Waals surface area contributed by atoms with Gasteiger partial charge in [-0.05, 0) is 62.8 Å². The highest BCUT2D eigenvalue weighted by molar-refractivity contribution is 6.31. The van der Waals surface area contributed by atoms with Crippen LogP contribution in [-0.4, -0.2) is 60.0 Å². The van der Waals surface area contributed by atoms with E-state index in [1.54, 1.807) is 0 Å². The highest BCUT2D eigenvalue weighted by Gasteiger charge is 2.33. The summed E-state index contributed by atoms with van der Waals surface area (Å²) in [5.74, 6) is 0.561. The van der Waals surface area contributed by atoms with E-state index in [0.29, 0.717) is 17.4 Å². The number of hydrogen-bond donors (Lipinski definition) is 1. The Morgan fingerprint density at radius 3 is 2.62 bits per heavy atom. The number of piperazine rings is 1. The summed E-state index contributed by atoms with van der Waals surface area (Å²) in [5.41, 5.74) is 2.94. The van der Waals surface area contributed by atoms with E-state index in [0.717, 1.165) is 75.3 Å². The molecule has 3 aliphatic rings. The molecule has 2 aliphatic heterocycles. The lowest BCUT2D eigenvalue weighted by molar-refractivity contribution is -0.140. The Labute approximate surface area is 196 Å². The van der Waals surface area contributed by atoms with Crippen molar-refractivity contribution in [2.45, 2.75) is 77.5 Å². The second-order valence-electron chi connectivity index (χ2n) is 9.72. The molecular weight excluding hydrogens is 426 g/mol. The molecule has 2 unspecified atom stereocenters. The van der Waals surface area contributed by atoms with Crippen molar-refractivity contribution < 1.29 is 14.3 Å². The fourth-order valence-corrected chi connectivity index (χ4v) is 5.64. The van der Waals surface area contributed by atoms with E-state index in [4.69, 9.17) is 16.3 Å². The summed E-state index contributed by atoms with van der Waals surface area (Å²) in [7, 11) is 0. The molecule has 32 heavy (non-hydrogen) atoms. The predicted molar refractivity (Wildman–Crippen MR) is 127 cm³/mol. The van der Waals surface area contributed by atoms with Gasteiger partial charge in [0.1, 0.15) is 0 Å². The molecule has 176 valence electrons. The topological polar surface area (TPSA) is 61.9 Å². The maximum atomic E-state index is 12.9. The van der Waals surface area contributed by atoms with Gasteiger partial charge in [-0.15, -0.1) is 0 Å². The van der Waals surface area contributed by atoms with Crippen LogP contribution in [0, 0.1) is 12.8 Å². The lowest BCUT2D eigenvalue weighted by Crippen LogP contribution is -2.54. The summed E-state index contributed by atoms with van der Waals surface area (Å²) in [6.45, 7) is 8.19. The highest BCUT2D eigenvalue weighted by Crippen LogP contribution is 2.30. The van der Waals surface area contributed by atoms with Crippen molar-refractivity contribution in [3.8, 4) is 0 Å². The molecule has 6 nitrogen and oxygen atoms in total. The van der Waals surface area contributed by atoms with Gasteiger partial charge in [-0.1, -0.05) is 24.4 Å². The zero-order valence-electron chi connectivity index (χ0n) is 19.4. The Balaban J connectivity index is 1.36. The van der Waals surface area contributed by atoms with Crippen LogP contribution in [-0.2, 0) is 20.9 Å². The summed E-state index contributed by atoms with van der Waals surface area (Å²) < 4.78 is 5.59. The molecule has 1 N–H and O–H groups in total. The summed E-state index contributed by atoms with van der Waals surface area (Å²) >= 11 is 6.41. The molecule has 0 aromatic heterocycles. The van der Waals surface area contributed by atoms with Crippen molar-refractivity contribution in [1.82, 2.24) is 9.80 Å². The van der Waals surface area contributed by atoms with Crippen LogP contribution in [0.25, 0.3) is 0 Å². The fourth-order valence-electron chi connectivity index (χ4n) is 5.40. The molecule has 2 atom stereocenters. The summed E-state index contributed by atoms with van der Waals surface area (Å²) in [6.07, 6.45) is 6.85. The van der Waals surface area contributed by atoms with Crippen LogP contribution in [0.5, 0.6) is 0 Å². The van der Waals surface area contributed by atoms with E-state index >= 15 is 0 Å². The molecule has 4 rings (SSSR count). The number of nitrogens with zero attached hydrogens (tertiary/aromatic N) is 2. The number of amides is 2. The molecule has 1 saturated carbocycles. The van der Waals surface area contributed by atoms with Gasteiger partial charge in [-0.3, -0.25) is 14.5 Å². The van der Waals surface area contributed by atoms with Crippen LogP contribution in [0.15, 0.2) is 12.1 Å². The summed E-state index contributed by atoms with van der Waals surface area (Å²) in [5, 5.41) is 3.67. The molecule has 1 aliphatic carbocycles. The largest absolute Gasteiger partial charge is 0.378 e. The van der Waals surface area contributed by atoms with Gasteiger partial charge in [0.15, 0.2) is 0 Å². The second kappa shape index (κ2) is 10.5. The number of nitrogens with one attached hydrogen (secondary N) is 1. The first-order valence-corrected chi connectivity index (χ1v) is 12.5. The Kier molecular flexibility index (Phi) is 7.74. The maximum absolute atomic E-state index is 12.9. The third kappa shape index (κ3) is 5.64. The second-order valence-corrected chi connectivity index (χ2v) is 10.2. The number of carbonyl (C=O) groups excluding carboxylic acids is 2. The summed E-state index contributed by atoms with van der Waals surface area (Å²) in [4.78, 5) is 29.9. The van der Waals surface area contributed by atoms with E-state index < -0.39 is 0 Å². The average molecular weight is 462 g/mol. The Bertz CT molecular complexity index is 834. The summed E-state index contributed by atoms with van der Waals surface area (Å²) in [6, 6.07) is 4.03. The predicted octanol–water partition coefficient (Wildman–Crippen LogP) is 4.38. The molecule has 2 heterocycles. The van der Waals surface area contributed by atoms with Crippen LogP contribution in [0.3, 0.4) is 0 Å². The molecule has 2 saturated heterocycles. The number of rotatable bonds is 6. The van der Waals surface area contributed by atoms with Gasteiger partial charge in [0, 0.05) is 55.5 Å². The van der Waals surface area contributed by atoms with E-state index in [-0.39, 0.29) is 24.0 Å². The van der Waals surface area contributed by atoms with Crippen LogP contribution in [0.1, 0.15) is 63.0 Å². The molecule has 0 bridgehead atoms. The van der Waals surface area contributed by atoms with Gasteiger partial charge in [-0.2, -0.15) is 0 Å². The van der Waals surface area contributed by atoms with Gasteiger partial charge in [0.2, 0.25) is 11.8 Å². The lowest BCUT2D eigenvalue weighted by atomic mass is 10.0. The normalized spacial score (nSPS) is 24.8. The van der Waals surface area contributed by atoms with Crippen molar-refractivity contribution in [2.24, 2.45) is 5.92 Å². The van der Waals surface area contributed by atoms with Crippen LogP contribution < -0.4 is 5.32 Å². The van der Waals surface area contributed by atoms with E-state index in [2.05, 4.69) is 22.0 Å². The molecule has 2 amide bonds. The molecule has 7 heteroatoms. The standard InChI is InChI=1S/C25H36ClN3O3/c1-17-15-28(9-10-29(17)25(31)19-6-3-4-7-19)16-20-12-21(26)13-23(18(20)2)27-24(30)14-22-8-5-11-32-22/h12-13,17,19,22H,3-11,14-16H2,1-2H3,(H,27,30). The number of carbonyl (C=O) groups is 2. The maximum Gasteiger partial charge on any atom is 0.226 e. The van der Waals surface area contributed by atoms with Crippen molar-refractivity contribution in [3.63, 3.8) is 0 Å². The Morgan fingerprint density at radius 1 is 1.16 bits per heavy atom. The first kappa shape index (κ1) is 23.5. The van der Waals surface area contributed by atoms with Gasteiger partial charge in [-0.25, -0.2) is 0 Å². The van der Waals surface area contributed by atoms with Crippen LogP contribution in [0.2, 0.25) is 5.02 Å². The lowest BCUT2D eigenvalue weighted by Gasteiger charge is -2.41. The van der Waals surface area contributed by atoms with Gasteiger partial charge < -0.3 is 15.0 Å². The highest BCUT2D eigenvalue weighted by atomic mass is 35.5. The molecular formula is C25H36ClN3O3. The van der Waals surface area contributed by atoms with E-state index in [9.17, 15) is 9.59 Å². The van der Waals surface area contributed by atoms with Gasteiger partial charge >= 0.3 is 0 Å². The first-order chi connectivity index (χ1) is 15.4. The minimum absolute atomic E-state index is 0.0266. The SMILES string of the molecule is Cc1c(CN2CCN(C(=O)C3CCCC3)C(C)C2)cc(Cl)cc1NC(=O)CC1CCCO1. The quantitative estimate of drug-likeness (QED) is 0.682. The van der Waals surface area contributed by atoms with E-state index in [1.165, 1.54) is 12.8 Å². The zero-order chi connectivity index (χ0) is 22.7. The average Bonchev–Trinajstić information content (AvgIpc) is 3.45.